The van der Waals surface area contributed by atoms with Crippen LogP contribution < -0.4 is 19.7 Å². The normalized spacial score (nSPS) is 14.7. The Labute approximate surface area is 177 Å². The van der Waals surface area contributed by atoms with Gasteiger partial charge < -0.3 is 14.9 Å². The van der Waals surface area contributed by atoms with Gasteiger partial charge in [-0.25, -0.2) is 9.71 Å². The molecule has 2 heterocycles. The van der Waals surface area contributed by atoms with Crippen molar-refractivity contribution in [3.05, 3.63) is 53.3 Å². The van der Waals surface area contributed by atoms with E-state index in [1.54, 1.807) is 13.1 Å². The molecule has 0 aliphatic carbocycles. The van der Waals surface area contributed by atoms with E-state index >= 15 is 0 Å². The highest BCUT2D eigenvalue weighted by molar-refractivity contribution is 7.98. The van der Waals surface area contributed by atoms with Gasteiger partial charge in [0.05, 0.1) is 11.4 Å². The molecule has 1 aromatic carbocycles. The van der Waals surface area contributed by atoms with Gasteiger partial charge in [-0.15, -0.1) is 0 Å². The lowest BCUT2D eigenvalue weighted by Crippen LogP contribution is -2.46. The number of anilines is 2. The van der Waals surface area contributed by atoms with Crippen molar-refractivity contribution in [3.63, 3.8) is 0 Å². The topological polar surface area (TPSA) is 72.5 Å². The molecule has 3 N–H and O–H groups in total. The molecule has 2 aromatic rings. The second-order valence-electron chi connectivity index (χ2n) is 7.05. The van der Waals surface area contributed by atoms with Crippen LogP contribution in [0.2, 0.25) is 0 Å². The molecule has 0 radical (unpaired) electrons. The number of hydrogen-bond acceptors (Lipinski definition) is 7. The summed E-state index contributed by atoms with van der Waals surface area (Å²) in [6.45, 7) is 9.83. The summed E-state index contributed by atoms with van der Waals surface area (Å²) in [6.07, 6.45) is 0. The zero-order valence-corrected chi connectivity index (χ0v) is 18.2. The minimum atomic E-state index is -0.148. The van der Waals surface area contributed by atoms with Crippen molar-refractivity contribution >= 4 is 29.4 Å². The van der Waals surface area contributed by atoms with E-state index in [1.165, 1.54) is 17.7 Å². The quantitative estimate of drug-likeness (QED) is 0.453. The second kappa shape index (κ2) is 10.5. The van der Waals surface area contributed by atoms with Crippen LogP contribution in [0.3, 0.4) is 0 Å². The molecule has 3 rings (SSSR count). The SMILES string of the molecule is CCNSNc1cccc(CN2CCN(c3ccc(C(=O)NC)nc3C)CC2)c1. The smallest absolute Gasteiger partial charge is 0.269 e. The Morgan fingerprint density at radius 2 is 1.97 bits per heavy atom. The van der Waals surface area contributed by atoms with E-state index in [0.717, 1.165) is 56.3 Å². The maximum atomic E-state index is 11.8. The van der Waals surface area contributed by atoms with Crippen molar-refractivity contribution in [1.29, 1.82) is 0 Å². The van der Waals surface area contributed by atoms with Crippen LogP contribution in [0.1, 0.15) is 28.7 Å². The predicted molar refractivity (Wildman–Crippen MR) is 121 cm³/mol. The Bertz CT molecular complexity index is 823. The number of nitrogens with zero attached hydrogens (tertiary/aromatic N) is 3. The molecular weight excluding hydrogens is 384 g/mol. The van der Waals surface area contributed by atoms with Gasteiger partial charge in [-0.05, 0) is 36.8 Å². The van der Waals surface area contributed by atoms with Gasteiger partial charge in [0.25, 0.3) is 5.91 Å². The maximum absolute atomic E-state index is 11.8. The summed E-state index contributed by atoms with van der Waals surface area (Å²) < 4.78 is 6.52. The molecule has 0 unspecified atom stereocenters. The van der Waals surface area contributed by atoms with E-state index in [2.05, 4.69) is 60.7 Å². The lowest BCUT2D eigenvalue weighted by atomic mass is 10.1. The summed E-state index contributed by atoms with van der Waals surface area (Å²) in [4.78, 5) is 21.1. The first-order valence-corrected chi connectivity index (χ1v) is 10.8. The Balaban J connectivity index is 1.54. The summed E-state index contributed by atoms with van der Waals surface area (Å²) in [7, 11) is 1.62. The third-order valence-electron chi connectivity index (χ3n) is 4.95. The summed E-state index contributed by atoms with van der Waals surface area (Å²) >= 11 is 1.51. The number of aromatic nitrogens is 1. The standard InChI is InChI=1S/C21H30N6OS/c1-4-23-29-25-18-7-5-6-17(14-18)15-26-10-12-27(13-11-26)20-9-8-19(21(28)22-3)24-16(20)2/h5-9,14,23,25H,4,10-13,15H2,1-3H3,(H,22,28). The number of pyridine rings is 1. The highest BCUT2D eigenvalue weighted by atomic mass is 32.2. The monoisotopic (exact) mass is 414 g/mol. The molecular formula is C21H30N6OS. The number of nitrogens with one attached hydrogen (secondary N) is 3. The van der Waals surface area contributed by atoms with Crippen LogP contribution in [0.25, 0.3) is 0 Å². The van der Waals surface area contributed by atoms with E-state index in [0.29, 0.717) is 5.69 Å². The number of aryl methyl sites for hydroxylation is 1. The van der Waals surface area contributed by atoms with Crippen LogP contribution in [0.5, 0.6) is 0 Å². The molecule has 29 heavy (non-hydrogen) atoms. The van der Waals surface area contributed by atoms with Gasteiger partial charge in [-0.1, -0.05) is 19.1 Å². The number of carbonyl (C=O) groups excluding carboxylic acids is 1. The zero-order valence-electron chi connectivity index (χ0n) is 17.4. The average Bonchev–Trinajstić information content (AvgIpc) is 2.74. The number of hydrogen-bond donors (Lipinski definition) is 3. The number of rotatable bonds is 8. The third-order valence-corrected chi connectivity index (χ3v) is 5.72. The number of carbonyl (C=O) groups is 1. The largest absolute Gasteiger partial charge is 0.368 e. The molecule has 0 atom stereocenters. The van der Waals surface area contributed by atoms with Crippen LogP contribution in [-0.4, -0.2) is 55.6 Å². The van der Waals surface area contributed by atoms with Crippen molar-refractivity contribution < 1.29 is 4.79 Å². The second-order valence-corrected chi connectivity index (χ2v) is 7.74. The fraction of sp³-hybridized carbons (Fsp3) is 0.429. The van der Waals surface area contributed by atoms with E-state index < -0.39 is 0 Å². The molecule has 0 spiro atoms. The molecule has 1 amide bonds. The molecule has 1 aliphatic rings. The number of piperazine rings is 1. The minimum Gasteiger partial charge on any atom is -0.368 e. The van der Waals surface area contributed by atoms with Crippen LogP contribution >= 0.6 is 12.1 Å². The van der Waals surface area contributed by atoms with Crippen LogP contribution in [0.4, 0.5) is 11.4 Å². The number of amides is 1. The van der Waals surface area contributed by atoms with Crippen LogP contribution in [0, 0.1) is 6.92 Å². The number of benzene rings is 1. The first-order valence-electron chi connectivity index (χ1n) is 10.0. The Morgan fingerprint density at radius 1 is 1.17 bits per heavy atom. The Hall–Kier alpha value is -2.29. The molecule has 0 saturated carbocycles. The van der Waals surface area contributed by atoms with Crippen molar-refractivity contribution in [1.82, 2.24) is 19.9 Å². The first-order chi connectivity index (χ1) is 14.1. The zero-order chi connectivity index (χ0) is 20.6. The van der Waals surface area contributed by atoms with Gasteiger partial charge in [0.2, 0.25) is 0 Å². The van der Waals surface area contributed by atoms with Gasteiger partial charge in [0.15, 0.2) is 0 Å². The van der Waals surface area contributed by atoms with Crippen LogP contribution in [-0.2, 0) is 6.54 Å². The molecule has 1 aromatic heterocycles. The fourth-order valence-corrected chi connectivity index (χ4v) is 3.91. The molecule has 1 fully saturated rings. The molecule has 1 saturated heterocycles. The van der Waals surface area contributed by atoms with Gasteiger partial charge >= 0.3 is 0 Å². The van der Waals surface area contributed by atoms with Gasteiger partial charge in [0, 0.05) is 64.1 Å². The van der Waals surface area contributed by atoms with E-state index in [9.17, 15) is 4.79 Å². The summed E-state index contributed by atoms with van der Waals surface area (Å²) in [5, 5.41) is 2.62. The average molecular weight is 415 g/mol. The van der Waals surface area contributed by atoms with E-state index in [4.69, 9.17) is 0 Å². The van der Waals surface area contributed by atoms with Gasteiger partial charge in [-0.3, -0.25) is 9.69 Å². The molecule has 8 heteroatoms. The predicted octanol–water partition coefficient (Wildman–Crippen LogP) is 2.66. The van der Waals surface area contributed by atoms with Crippen molar-refractivity contribution in [2.45, 2.75) is 20.4 Å². The third kappa shape index (κ3) is 5.85. The summed E-state index contributed by atoms with van der Waals surface area (Å²) in [5.41, 5.74) is 4.91. The highest BCUT2D eigenvalue weighted by Crippen LogP contribution is 2.22. The van der Waals surface area contributed by atoms with E-state index in [1.807, 2.05) is 13.0 Å². The lowest BCUT2D eigenvalue weighted by Gasteiger charge is -2.36. The Morgan fingerprint density at radius 3 is 2.66 bits per heavy atom. The lowest BCUT2D eigenvalue weighted by molar-refractivity contribution is 0.0958. The molecule has 7 nitrogen and oxygen atoms in total. The van der Waals surface area contributed by atoms with Crippen LogP contribution in [0.15, 0.2) is 36.4 Å². The fourth-order valence-electron chi connectivity index (χ4n) is 3.45. The summed E-state index contributed by atoms with van der Waals surface area (Å²) in [6, 6.07) is 12.4. The van der Waals surface area contributed by atoms with Crippen molar-refractivity contribution in [3.8, 4) is 0 Å². The molecule has 1 aliphatic heterocycles. The molecule has 0 bridgehead atoms. The highest BCUT2D eigenvalue weighted by Gasteiger charge is 2.20. The van der Waals surface area contributed by atoms with E-state index in [-0.39, 0.29) is 5.91 Å². The minimum absolute atomic E-state index is 0.148. The first kappa shape index (κ1) is 21.4. The van der Waals surface area contributed by atoms with Crippen molar-refractivity contribution in [2.24, 2.45) is 0 Å². The van der Waals surface area contributed by atoms with Gasteiger partial charge in [-0.2, -0.15) is 0 Å². The summed E-state index contributed by atoms with van der Waals surface area (Å²) in [5.74, 6) is -0.148. The van der Waals surface area contributed by atoms with Gasteiger partial charge in [0.1, 0.15) is 5.69 Å². The molecule has 156 valence electrons. The van der Waals surface area contributed by atoms with Crippen molar-refractivity contribution in [2.75, 3.05) is 49.4 Å². The Kier molecular flexibility index (Phi) is 7.74. The maximum Gasteiger partial charge on any atom is 0.269 e.